The highest BCUT2D eigenvalue weighted by molar-refractivity contribution is 5.97. The standard InChI is InChI=1S/C15H23N3O3/c1-11(2)18(8-9-21-3)14(19)10-12-4-6-13(7-5-12)15(16)17-20/h4-7,11,20H,8-10H2,1-3H3,(H2,16,17). The molecule has 1 amide bonds. The van der Waals surface area contributed by atoms with Crippen LogP contribution in [0.25, 0.3) is 0 Å². The van der Waals surface area contributed by atoms with Gasteiger partial charge in [0, 0.05) is 25.3 Å². The van der Waals surface area contributed by atoms with Crippen molar-refractivity contribution in [1.29, 1.82) is 0 Å². The van der Waals surface area contributed by atoms with Crippen molar-refractivity contribution in [3.8, 4) is 0 Å². The zero-order chi connectivity index (χ0) is 15.8. The molecule has 0 heterocycles. The summed E-state index contributed by atoms with van der Waals surface area (Å²) in [6.45, 7) is 5.06. The van der Waals surface area contributed by atoms with Crippen LogP contribution >= 0.6 is 0 Å². The van der Waals surface area contributed by atoms with Gasteiger partial charge in [-0.3, -0.25) is 4.79 Å². The quantitative estimate of drug-likeness (QED) is 0.342. The molecule has 0 aliphatic rings. The third-order valence-corrected chi connectivity index (χ3v) is 3.19. The predicted octanol–water partition coefficient (Wildman–Crippen LogP) is 1.21. The van der Waals surface area contributed by atoms with Crippen molar-refractivity contribution in [3.05, 3.63) is 35.4 Å². The minimum Gasteiger partial charge on any atom is -0.409 e. The molecule has 3 N–H and O–H groups in total. The van der Waals surface area contributed by atoms with Crippen LogP contribution < -0.4 is 5.73 Å². The van der Waals surface area contributed by atoms with Crippen LogP contribution in [0.3, 0.4) is 0 Å². The van der Waals surface area contributed by atoms with Crippen molar-refractivity contribution in [2.24, 2.45) is 10.9 Å². The first-order valence-electron chi connectivity index (χ1n) is 6.84. The highest BCUT2D eigenvalue weighted by atomic mass is 16.5. The number of benzene rings is 1. The van der Waals surface area contributed by atoms with Crippen molar-refractivity contribution < 1.29 is 14.7 Å². The largest absolute Gasteiger partial charge is 0.409 e. The Hall–Kier alpha value is -2.08. The van der Waals surface area contributed by atoms with Crippen LogP contribution in [0, 0.1) is 0 Å². The number of carbonyl (C=O) groups is 1. The number of oxime groups is 1. The molecule has 6 nitrogen and oxygen atoms in total. The highest BCUT2D eigenvalue weighted by Crippen LogP contribution is 2.08. The second-order valence-corrected chi connectivity index (χ2v) is 5.03. The zero-order valence-electron chi connectivity index (χ0n) is 12.7. The van der Waals surface area contributed by atoms with Crippen LogP contribution in [0.4, 0.5) is 0 Å². The molecule has 0 aliphatic heterocycles. The fraction of sp³-hybridized carbons (Fsp3) is 0.467. The lowest BCUT2D eigenvalue weighted by Gasteiger charge is -2.26. The SMILES string of the molecule is COCCN(C(=O)Cc1ccc(/C(N)=N/O)cc1)C(C)C. The molecular formula is C15H23N3O3. The lowest BCUT2D eigenvalue weighted by Crippen LogP contribution is -2.40. The number of nitrogens with two attached hydrogens (primary N) is 1. The zero-order valence-corrected chi connectivity index (χ0v) is 12.7. The number of methoxy groups -OCH3 is 1. The molecule has 116 valence electrons. The lowest BCUT2D eigenvalue weighted by atomic mass is 10.1. The number of amides is 1. The molecule has 21 heavy (non-hydrogen) atoms. The molecule has 0 aliphatic carbocycles. The van der Waals surface area contributed by atoms with Crippen molar-refractivity contribution in [3.63, 3.8) is 0 Å². The van der Waals surface area contributed by atoms with Gasteiger partial charge in [0.05, 0.1) is 13.0 Å². The van der Waals surface area contributed by atoms with Gasteiger partial charge in [-0.25, -0.2) is 0 Å². The second kappa shape index (κ2) is 8.26. The summed E-state index contributed by atoms with van der Waals surface area (Å²) in [4.78, 5) is 14.1. The first-order valence-corrected chi connectivity index (χ1v) is 6.84. The predicted molar refractivity (Wildman–Crippen MR) is 81.4 cm³/mol. The topological polar surface area (TPSA) is 88.2 Å². The molecule has 1 aromatic carbocycles. The van der Waals surface area contributed by atoms with Gasteiger partial charge >= 0.3 is 0 Å². The van der Waals surface area contributed by atoms with Gasteiger partial charge in [0.2, 0.25) is 5.91 Å². The van der Waals surface area contributed by atoms with E-state index in [2.05, 4.69) is 5.16 Å². The Morgan fingerprint density at radius 1 is 1.38 bits per heavy atom. The molecule has 6 heteroatoms. The van der Waals surface area contributed by atoms with Crippen LogP contribution in [0.5, 0.6) is 0 Å². The van der Waals surface area contributed by atoms with E-state index in [0.717, 1.165) is 5.56 Å². The van der Waals surface area contributed by atoms with Gasteiger partial charge in [-0.2, -0.15) is 0 Å². The fourth-order valence-corrected chi connectivity index (χ4v) is 1.99. The van der Waals surface area contributed by atoms with Gasteiger partial charge < -0.3 is 20.6 Å². The smallest absolute Gasteiger partial charge is 0.227 e. The van der Waals surface area contributed by atoms with Crippen molar-refractivity contribution in [2.45, 2.75) is 26.3 Å². The Kier molecular flexibility index (Phi) is 6.68. The van der Waals surface area contributed by atoms with Gasteiger partial charge in [0.1, 0.15) is 0 Å². The minimum absolute atomic E-state index is 0.0526. The molecule has 1 aromatic rings. The maximum absolute atomic E-state index is 12.3. The van der Waals surface area contributed by atoms with E-state index >= 15 is 0 Å². The van der Waals surface area contributed by atoms with Gasteiger partial charge in [-0.15, -0.1) is 0 Å². The molecule has 0 fully saturated rings. The number of amidine groups is 1. The summed E-state index contributed by atoms with van der Waals surface area (Å²) in [6, 6.07) is 7.20. The summed E-state index contributed by atoms with van der Waals surface area (Å²) < 4.78 is 5.03. The molecule has 0 radical (unpaired) electrons. The Balaban J connectivity index is 2.72. The van der Waals surface area contributed by atoms with Crippen LogP contribution in [0.1, 0.15) is 25.0 Å². The Morgan fingerprint density at radius 2 is 2.00 bits per heavy atom. The fourth-order valence-electron chi connectivity index (χ4n) is 1.99. The second-order valence-electron chi connectivity index (χ2n) is 5.03. The highest BCUT2D eigenvalue weighted by Gasteiger charge is 2.16. The molecule has 0 unspecified atom stereocenters. The third kappa shape index (κ3) is 5.07. The van der Waals surface area contributed by atoms with E-state index in [-0.39, 0.29) is 17.8 Å². The number of rotatable bonds is 7. The van der Waals surface area contributed by atoms with Crippen LogP contribution in [-0.4, -0.2) is 48.2 Å². The van der Waals surface area contributed by atoms with Crippen molar-refractivity contribution in [1.82, 2.24) is 4.90 Å². The summed E-state index contributed by atoms with van der Waals surface area (Å²) in [7, 11) is 1.62. The van der Waals surface area contributed by atoms with E-state index in [1.807, 2.05) is 13.8 Å². The summed E-state index contributed by atoms with van der Waals surface area (Å²) in [5.74, 6) is 0.107. The number of carbonyl (C=O) groups excluding carboxylic acids is 1. The van der Waals surface area contributed by atoms with Crippen LogP contribution in [0.2, 0.25) is 0 Å². The van der Waals surface area contributed by atoms with Crippen LogP contribution in [0.15, 0.2) is 29.4 Å². The van der Waals surface area contributed by atoms with E-state index < -0.39 is 0 Å². The van der Waals surface area contributed by atoms with Crippen molar-refractivity contribution >= 4 is 11.7 Å². The van der Waals surface area contributed by atoms with Gasteiger partial charge in [0.25, 0.3) is 0 Å². The summed E-state index contributed by atoms with van der Waals surface area (Å²) in [5.41, 5.74) is 7.01. The molecule has 0 atom stereocenters. The van der Waals surface area contributed by atoms with Gasteiger partial charge in [-0.1, -0.05) is 29.4 Å². The number of nitrogens with zero attached hydrogens (tertiary/aromatic N) is 2. The van der Waals surface area contributed by atoms with E-state index in [1.54, 1.807) is 36.3 Å². The number of hydrogen-bond donors (Lipinski definition) is 2. The maximum Gasteiger partial charge on any atom is 0.227 e. The maximum atomic E-state index is 12.3. The average molecular weight is 293 g/mol. The lowest BCUT2D eigenvalue weighted by molar-refractivity contribution is -0.132. The average Bonchev–Trinajstić information content (AvgIpc) is 2.47. The minimum atomic E-state index is 0.0526. The molecule has 0 aromatic heterocycles. The number of hydrogen-bond acceptors (Lipinski definition) is 4. The number of ether oxygens (including phenoxy) is 1. The molecule has 0 spiro atoms. The third-order valence-electron chi connectivity index (χ3n) is 3.19. The molecule has 0 bridgehead atoms. The van der Waals surface area contributed by atoms with Crippen molar-refractivity contribution in [2.75, 3.05) is 20.3 Å². The molecule has 0 saturated heterocycles. The van der Waals surface area contributed by atoms with Crippen LogP contribution in [-0.2, 0) is 16.0 Å². The summed E-state index contributed by atoms with van der Waals surface area (Å²) >= 11 is 0. The summed E-state index contributed by atoms with van der Waals surface area (Å²) in [6.07, 6.45) is 0.318. The van der Waals surface area contributed by atoms with E-state index in [9.17, 15) is 4.79 Å². The monoisotopic (exact) mass is 293 g/mol. The normalized spacial score (nSPS) is 11.7. The Morgan fingerprint density at radius 3 is 2.48 bits per heavy atom. The molecule has 0 saturated carbocycles. The van der Waals surface area contributed by atoms with Gasteiger partial charge in [0.15, 0.2) is 5.84 Å². The Labute approximate surface area is 125 Å². The van der Waals surface area contributed by atoms with Gasteiger partial charge in [-0.05, 0) is 19.4 Å². The Bertz CT molecular complexity index is 483. The summed E-state index contributed by atoms with van der Waals surface area (Å²) in [5, 5.41) is 11.5. The molecular weight excluding hydrogens is 270 g/mol. The van der Waals surface area contributed by atoms with E-state index in [0.29, 0.717) is 25.1 Å². The van der Waals surface area contributed by atoms with E-state index in [1.165, 1.54) is 0 Å². The first-order chi connectivity index (χ1) is 9.99. The first kappa shape index (κ1) is 17.0. The molecule has 1 rings (SSSR count). The van der Waals surface area contributed by atoms with E-state index in [4.69, 9.17) is 15.7 Å².